The maximum absolute atomic E-state index is 12.5. The summed E-state index contributed by atoms with van der Waals surface area (Å²) in [6, 6.07) is 17.9. The lowest BCUT2D eigenvalue weighted by atomic mass is 9.95. The van der Waals surface area contributed by atoms with Crippen molar-refractivity contribution in [1.82, 2.24) is 0 Å². The van der Waals surface area contributed by atoms with E-state index in [1.54, 1.807) is 7.11 Å². The van der Waals surface area contributed by atoms with Gasteiger partial charge in [-0.2, -0.15) is 0 Å². The van der Waals surface area contributed by atoms with E-state index < -0.39 is 0 Å². The van der Waals surface area contributed by atoms with Crippen molar-refractivity contribution in [3.8, 4) is 0 Å². The molecule has 0 fully saturated rings. The van der Waals surface area contributed by atoms with E-state index in [0.29, 0.717) is 12.8 Å². The van der Waals surface area contributed by atoms with Crippen molar-refractivity contribution in [3.63, 3.8) is 0 Å². The molecule has 0 unspecified atom stereocenters. The minimum absolute atomic E-state index is 0.100. The highest BCUT2D eigenvalue weighted by atomic mass is 127. The van der Waals surface area contributed by atoms with Crippen LogP contribution >= 0.6 is 22.6 Å². The van der Waals surface area contributed by atoms with E-state index in [0.717, 1.165) is 14.7 Å². The molecule has 0 spiro atoms. The number of benzene rings is 2. The van der Waals surface area contributed by atoms with Gasteiger partial charge in [0.2, 0.25) is 0 Å². The molecule has 0 amide bonds. The number of ether oxygens (including phenoxy) is 3. The Morgan fingerprint density at radius 1 is 1.04 bits per heavy atom. The fourth-order valence-electron chi connectivity index (χ4n) is 2.86. The number of aryl methyl sites for hydroxylation is 1. The Balaban J connectivity index is 2.11. The first-order chi connectivity index (χ1) is 13.0. The Hall–Kier alpha value is -1.44. The highest BCUT2D eigenvalue weighted by Crippen LogP contribution is 2.31. The highest BCUT2D eigenvalue weighted by molar-refractivity contribution is 14.1. The van der Waals surface area contributed by atoms with E-state index in [-0.39, 0.29) is 30.9 Å². The Bertz CT molecular complexity index is 702. The van der Waals surface area contributed by atoms with Gasteiger partial charge in [0.25, 0.3) is 0 Å². The third-order valence-corrected chi connectivity index (χ3v) is 5.24. The summed E-state index contributed by atoms with van der Waals surface area (Å²) in [7, 11) is 1.59. The SMILES string of the molecule is COCO[C@@H](c1ccccc1I)[C@@H](OC(=O)CCc1ccccc1)C(C)C. The summed E-state index contributed by atoms with van der Waals surface area (Å²) in [5, 5.41) is 0. The maximum Gasteiger partial charge on any atom is 0.306 e. The van der Waals surface area contributed by atoms with Crippen LogP contribution in [0.5, 0.6) is 0 Å². The maximum atomic E-state index is 12.5. The van der Waals surface area contributed by atoms with Crippen LogP contribution < -0.4 is 0 Å². The second-order valence-corrected chi connectivity index (χ2v) is 7.86. The van der Waals surface area contributed by atoms with E-state index in [4.69, 9.17) is 14.2 Å². The minimum Gasteiger partial charge on any atom is -0.459 e. The number of hydrogen-bond donors (Lipinski definition) is 0. The lowest BCUT2D eigenvalue weighted by Gasteiger charge is -2.30. The summed E-state index contributed by atoms with van der Waals surface area (Å²) < 4.78 is 18.0. The Morgan fingerprint density at radius 2 is 1.70 bits per heavy atom. The molecular formula is C22H27IO4. The van der Waals surface area contributed by atoms with Gasteiger partial charge in [-0.1, -0.05) is 62.4 Å². The zero-order chi connectivity index (χ0) is 19.6. The van der Waals surface area contributed by atoms with Gasteiger partial charge < -0.3 is 14.2 Å². The molecule has 5 heteroatoms. The molecule has 0 aliphatic heterocycles. The molecule has 0 aliphatic carbocycles. The monoisotopic (exact) mass is 482 g/mol. The van der Waals surface area contributed by atoms with Crippen LogP contribution in [0.25, 0.3) is 0 Å². The van der Waals surface area contributed by atoms with Gasteiger partial charge in [-0.05, 0) is 52.1 Å². The third-order valence-electron chi connectivity index (χ3n) is 4.26. The molecule has 2 aromatic carbocycles. The number of esters is 1. The molecule has 2 atom stereocenters. The molecule has 0 radical (unpaired) electrons. The smallest absolute Gasteiger partial charge is 0.306 e. The molecule has 0 N–H and O–H groups in total. The Labute approximate surface area is 175 Å². The number of rotatable bonds is 10. The van der Waals surface area contributed by atoms with Gasteiger partial charge in [-0.15, -0.1) is 0 Å². The third kappa shape index (κ3) is 6.90. The van der Waals surface area contributed by atoms with Gasteiger partial charge in [-0.3, -0.25) is 4.79 Å². The van der Waals surface area contributed by atoms with Crippen molar-refractivity contribution in [1.29, 1.82) is 0 Å². The number of carbonyl (C=O) groups excluding carboxylic acids is 1. The van der Waals surface area contributed by atoms with E-state index >= 15 is 0 Å². The predicted molar refractivity (Wildman–Crippen MR) is 114 cm³/mol. The van der Waals surface area contributed by atoms with E-state index in [1.807, 2.05) is 68.4 Å². The molecule has 0 bridgehead atoms. The van der Waals surface area contributed by atoms with Gasteiger partial charge in [0.1, 0.15) is 19.0 Å². The summed E-state index contributed by atoms with van der Waals surface area (Å²) in [5.41, 5.74) is 2.13. The van der Waals surface area contributed by atoms with Gasteiger partial charge in [0.15, 0.2) is 0 Å². The molecule has 0 aromatic heterocycles. The minimum atomic E-state index is -0.390. The summed E-state index contributed by atoms with van der Waals surface area (Å²) in [4.78, 5) is 12.5. The van der Waals surface area contributed by atoms with Gasteiger partial charge in [0.05, 0.1) is 0 Å². The second-order valence-electron chi connectivity index (χ2n) is 6.70. The molecule has 0 saturated carbocycles. The van der Waals surface area contributed by atoms with Gasteiger partial charge in [0, 0.05) is 17.1 Å². The number of halogens is 1. The quantitative estimate of drug-likeness (QED) is 0.267. The summed E-state index contributed by atoms with van der Waals surface area (Å²) in [6.45, 7) is 4.21. The lowest BCUT2D eigenvalue weighted by molar-refractivity contribution is -0.172. The Kier molecular flexibility index (Phi) is 9.24. The molecule has 0 aliphatic rings. The summed E-state index contributed by atoms with van der Waals surface area (Å²) in [5.74, 6) is -0.113. The van der Waals surface area contributed by atoms with Crippen LogP contribution in [0.3, 0.4) is 0 Å². The molecule has 4 nitrogen and oxygen atoms in total. The standard InChI is InChI=1S/C22H27IO4/c1-16(2)21(27-20(24)14-13-17-9-5-4-6-10-17)22(26-15-25-3)18-11-7-8-12-19(18)23/h4-12,16,21-22H,13-15H2,1-3H3/t21-,22-/m0/s1. The lowest BCUT2D eigenvalue weighted by Crippen LogP contribution is -2.33. The molecule has 2 aromatic rings. The zero-order valence-electron chi connectivity index (χ0n) is 16.1. The first kappa shape index (κ1) is 21.9. The van der Waals surface area contributed by atoms with Crippen LogP contribution in [-0.4, -0.2) is 26.0 Å². The largest absolute Gasteiger partial charge is 0.459 e. The topological polar surface area (TPSA) is 44.8 Å². The van der Waals surface area contributed by atoms with Crippen molar-refractivity contribution >= 4 is 28.6 Å². The molecule has 146 valence electrons. The Morgan fingerprint density at radius 3 is 2.33 bits per heavy atom. The first-order valence-corrected chi connectivity index (χ1v) is 10.2. The van der Waals surface area contributed by atoms with Crippen LogP contribution in [0.2, 0.25) is 0 Å². The van der Waals surface area contributed by atoms with Crippen molar-refractivity contribution in [3.05, 3.63) is 69.3 Å². The molecule has 0 saturated heterocycles. The van der Waals surface area contributed by atoms with Crippen molar-refractivity contribution in [2.24, 2.45) is 5.92 Å². The van der Waals surface area contributed by atoms with Gasteiger partial charge >= 0.3 is 5.97 Å². The number of hydrogen-bond acceptors (Lipinski definition) is 4. The number of methoxy groups -OCH3 is 1. The summed E-state index contributed by atoms with van der Waals surface area (Å²) >= 11 is 2.28. The predicted octanol–water partition coefficient (Wildman–Crippen LogP) is 5.15. The second kappa shape index (κ2) is 11.4. The van der Waals surface area contributed by atoms with Crippen LogP contribution in [0.15, 0.2) is 54.6 Å². The van der Waals surface area contributed by atoms with Crippen LogP contribution in [0.1, 0.15) is 37.5 Å². The van der Waals surface area contributed by atoms with Crippen molar-refractivity contribution in [2.45, 2.75) is 38.9 Å². The number of carbonyl (C=O) groups is 1. The van der Waals surface area contributed by atoms with E-state index in [1.165, 1.54) is 0 Å². The first-order valence-electron chi connectivity index (χ1n) is 9.11. The molecule has 0 heterocycles. The molecule has 27 heavy (non-hydrogen) atoms. The van der Waals surface area contributed by atoms with E-state index in [9.17, 15) is 4.79 Å². The van der Waals surface area contributed by atoms with Crippen LogP contribution in [0.4, 0.5) is 0 Å². The van der Waals surface area contributed by atoms with Crippen molar-refractivity contribution in [2.75, 3.05) is 13.9 Å². The fourth-order valence-corrected chi connectivity index (χ4v) is 3.55. The van der Waals surface area contributed by atoms with Crippen LogP contribution in [-0.2, 0) is 25.4 Å². The average Bonchev–Trinajstić information content (AvgIpc) is 2.67. The zero-order valence-corrected chi connectivity index (χ0v) is 18.2. The van der Waals surface area contributed by atoms with E-state index in [2.05, 4.69) is 22.6 Å². The normalized spacial score (nSPS) is 13.4. The average molecular weight is 482 g/mol. The van der Waals surface area contributed by atoms with Gasteiger partial charge in [-0.25, -0.2) is 0 Å². The van der Waals surface area contributed by atoms with Crippen molar-refractivity contribution < 1.29 is 19.0 Å². The fraction of sp³-hybridized carbons (Fsp3) is 0.409. The molecule has 2 rings (SSSR count). The molecular weight excluding hydrogens is 455 g/mol. The highest BCUT2D eigenvalue weighted by Gasteiger charge is 2.31. The van der Waals surface area contributed by atoms with Crippen LogP contribution in [0, 0.1) is 9.49 Å². The summed E-state index contributed by atoms with van der Waals surface area (Å²) in [6.07, 6.45) is 0.241.